The Balaban J connectivity index is 1.83. The van der Waals surface area contributed by atoms with Crippen LogP contribution >= 0.6 is 0 Å². The summed E-state index contributed by atoms with van der Waals surface area (Å²) in [5, 5.41) is 0. The van der Waals surface area contributed by atoms with Crippen molar-refractivity contribution in [1.29, 1.82) is 0 Å². The Hall–Kier alpha value is -2.16. The molecule has 27 heavy (non-hydrogen) atoms. The van der Waals surface area contributed by atoms with Crippen LogP contribution in [0.3, 0.4) is 0 Å². The number of hydrogen-bond acceptors (Lipinski definition) is 5. The third kappa shape index (κ3) is 4.58. The van der Waals surface area contributed by atoms with Gasteiger partial charge in [-0.05, 0) is 43.2 Å². The molecule has 2 heterocycles. The topological polar surface area (TPSA) is 80.1 Å². The first-order chi connectivity index (χ1) is 13.0. The zero-order valence-electron chi connectivity index (χ0n) is 15.3. The molecule has 0 spiro atoms. The van der Waals surface area contributed by atoms with Gasteiger partial charge in [-0.3, -0.25) is 4.79 Å². The molecule has 0 unspecified atom stereocenters. The normalized spacial score (nSPS) is 15.1. The van der Waals surface area contributed by atoms with Crippen LogP contribution in [0.1, 0.15) is 29.0 Å². The van der Waals surface area contributed by atoms with Crippen molar-refractivity contribution in [2.75, 3.05) is 33.4 Å². The molecule has 0 bridgehead atoms. The van der Waals surface area contributed by atoms with Crippen LogP contribution in [0.4, 0.5) is 0 Å². The molecule has 146 valence electrons. The number of methoxy groups -OCH3 is 1. The summed E-state index contributed by atoms with van der Waals surface area (Å²) in [6, 6.07) is 9.79. The molecule has 1 fully saturated rings. The number of sulfonamides is 1. The van der Waals surface area contributed by atoms with Gasteiger partial charge in [0.05, 0.1) is 24.3 Å². The van der Waals surface area contributed by atoms with Crippen LogP contribution in [0.5, 0.6) is 0 Å². The third-order valence-corrected chi connectivity index (χ3v) is 6.46. The van der Waals surface area contributed by atoms with Crippen LogP contribution in [-0.4, -0.2) is 56.9 Å². The highest BCUT2D eigenvalue weighted by Gasteiger charge is 2.28. The minimum Gasteiger partial charge on any atom is -0.467 e. The highest BCUT2D eigenvalue weighted by molar-refractivity contribution is 7.89. The van der Waals surface area contributed by atoms with Crippen LogP contribution in [0.15, 0.2) is 52.0 Å². The Morgan fingerprint density at radius 3 is 2.67 bits per heavy atom. The Morgan fingerprint density at radius 2 is 2.00 bits per heavy atom. The zero-order chi connectivity index (χ0) is 19.3. The summed E-state index contributed by atoms with van der Waals surface area (Å²) < 4.78 is 37.5. The predicted octanol–water partition coefficient (Wildman–Crippen LogP) is 2.35. The van der Waals surface area contributed by atoms with Crippen molar-refractivity contribution < 1.29 is 22.4 Å². The summed E-state index contributed by atoms with van der Waals surface area (Å²) >= 11 is 0. The van der Waals surface area contributed by atoms with Gasteiger partial charge in [-0.15, -0.1) is 0 Å². The lowest BCUT2D eigenvalue weighted by molar-refractivity contribution is 0.0666. The molecule has 0 N–H and O–H groups in total. The van der Waals surface area contributed by atoms with E-state index in [0.717, 1.165) is 12.8 Å². The number of benzene rings is 1. The van der Waals surface area contributed by atoms with E-state index in [1.165, 1.54) is 16.4 Å². The molecule has 3 rings (SSSR count). The van der Waals surface area contributed by atoms with Gasteiger partial charge in [0.2, 0.25) is 10.0 Å². The molecule has 7 nitrogen and oxygen atoms in total. The second kappa shape index (κ2) is 8.69. The van der Waals surface area contributed by atoms with Crippen molar-refractivity contribution in [3.05, 3.63) is 54.0 Å². The molecule has 8 heteroatoms. The maximum absolute atomic E-state index is 13.0. The maximum Gasteiger partial charge on any atom is 0.254 e. The van der Waals surface area contributed by atoms with Gasteiger partial charge >= 0.3 is 0 Å². The van der Waals surface area contributed by atoms with Crippen molar-refractivity contribution in [3.8, 4) is 0 Å². The number of amides is 1. The number of carbonyl (C=O) groups excluding carboxylic acids is 1. The van der Waals surface area contributed by atoms with E-state index in [9.17, 15) is 13.2 Å². The zero-order valence-corrected chi connectivity index (χ0v) is 16.2. The molecule has 1 saturated heterocycles. The second-order valence-corrected chi connectivity index (χ2v) is 8.38. The van der Waals surface area contributed by atoms with Gasteiger partial charge in [0.25, 0.3) is 5.91 Å². The third-order valence-electron chi connectivity index (χ3n) is 4.56. The molecule has 1 aromatic carbocycles. The summed E-state index contributed by atoms with van der Waals surface area (Å²) in [7, 11) is -2.00. The van der Waals surface area contributed by atoms with Gasteiger partial charge in [0.1, 0.15) is 5.76 Å². The number of nitrogens with zero attached hydrogens (tertiary/aromatic N) is 2. The molecule has 1 aromatic heterocycles. The first-order valence-electron chi connectivity index (χ1n) is 8.93. The smallest absolute Gasteiger partial charge is 0.254 e. The molecule has 0 saturated carbocycles. The van der Waals surface area contributed by atoms with Gasteiger partial charge in [0, 0.05) is 32.3 Å². The van der Waals surface area contributed by atoms with Crippen molar-refractivity contribution in [3.63, 3.8) is 0 Å². The standard InChI is InChI=1S/C19H24N2O5S/c1-25-13-11-20(15-17-7-5-12-26-17)19(22)16-6-4-8-18(14-16)27(23,24)21-9-2-3-10-21/h4-8,12,14H,2-3,9-11,13,15H2,1H3. The lowest BCUT2D eigenvalue weighted by Gasteiger charge is -2.22. The second-order valence-electron chi connectivity index (χ2n) is 6.44. The van der Waals surface area contributed by atoms with E-state index in [2.05, 4.69) is 0 Å². The lowest BCUT2D eigenvalue weighted by atomic mass is 10.2. The summed E-state index contributed by atoms with van der Waals surface area (Å²) in [5.41, 5.74) is 0.331. The summed E-state index contributed by atoms with van der Waals surface area (Å²) in [4.78, 5) is 14.7. The summed E-state index contributed by atoms with van der Waals surface area (Å²) in [5.74, 6) is 0.391. The first kappa shape index (κ1) is 19.6. The molecule has 1 aliphatic rings. The van der Waals surface area contributed by atoms with Gasteiger partial charge in [-0.2, -0.15) is 4.31 Å². The number of hydrogen-bond donors (Lipinski definition) is 0. The van der Waals surface area contributed by atoms with Gasteiger partial charge in [0.15, 0.2) is 0 Å². The molecule has 0 aliphatic carbocycles. The van der Waals surface area contributed by atoms with E-state index in [0.29, 0.717) is 37.6 Å². The molecular formula is C19H24N2O5S. The maximum atomic E-state index is 13.0. The Kier molecular flexibility index (Phi) is 6.30. The van der Waals surface area contributed by atoms with E-state index >= 15 is 0 Å². The summed E-state index contributed by atoms with van der Waals surface area (Å²) in [6.45, 7) is 2.09. The van der Waals surface area contributed by atoms with Crippen molar-refractivity contribution >= 4 is 15.9 Å². The van der Waals surface area contributed by atoms with Gasteiger partial charge in [-0.1, -0.05) is 6.07 Å². The Labute approximate surface area is 159 Å². The van der Waals surface area contributed by atoms with Crippen molar-refractivity contribution in [2.45, 2.75) is 24.3 Å². The van der Waals surface area contributed by atoms with Crippen molar-refractivity contribution in [1.82, 2.24) is 9.21 Å². The van der Waals surface area contributed by atoms with Crippen LogP contribution in [0.25, 0.3) is 0 Å². The number of ether oxygens (including phenoxy) is 1. The van der Waals surface area contributed by atoms with E-state index in [1.807, 2.05) is 0 Å². The fourth-order valence-corrected chi connectivity index (χ4v) is 4.66. The Morgan fingerprint density at radius 1 is 1.22 bits per heavy atom. The largest absolute Gasteiger partial charge is 0.467 e. The van der Waals surface area contributed by atoms with Crippen LogP contribution in [-0.2, 0) is 21.3 Å². The van der Waals surface area contributed by atoms with Crippen LogP contribution in [0, 0.1) is 0 Å². The SMILES string of the molecule is COCCN(Cc1ccco1)C(=O)c1cccc(S(=O)(=O)N2CCCC2)c1. The fraction of sp³-hybridized carbons (Fsp3) is 0.421. The van der Waals surface area contributed by atoms with E-state index in [1.54, 1.807) is 42.5 Å². The first-order valence-corrected chi connectivity index (χ1v) is 10.4. The van der Waals surface area contributed by atoms with Crippen LogP contribution < -0.4 is 0 Å². The van der Waals surface area contributed by atoms with Gasteiger partial charge in [-0.25, -0.2) is 8.42 Å². The minimum atomic E-state index is -3.57. The monoisotopic (exact) mass is 392 g/mol. The fourth-order valence-electron chi connectivity index (χ4n) is 3.09. The lowest BCUT2D eigenvalue weighted by Crippen LogP contribution is -2.33. The average Bonchev–Trinajstić information content (AvgIpc) is 3.38. The number of furan rings is 1. The van der Waals surface area contributed by atoms with E-state index in [-0.39, 0.29) is 17.3 Å². The van der Waals surface area contributed by atoms with Gasteiger partial charge < -0.3 is 14.1 Å². The highest BCUT2D eigenvalue weighted by Crippen LogP contribution is 2.22. The molecule has 2 aromatic rings. The molecular weight excluding hydrogens is 368 g/mol. The molecule has 0 atom stereocenters. The van der Waals surface area contributed by atoms with Crippen molar-refractivity contribution in [2.24, 2.45) is 0 Å². The number of rotatable bonds is 8. The summed E-state index contributed by atoms with van der Waals surface area (Å²) in [6.07, 6.45) is 3.29. The number of carbonyl (C=O) groups is 1. The average molecular weight is 392 g/mol. The van der Waals surface area contributed by atoms with E-state index in [4.69, 9.17) is 9.15 Å². The molecule has 1 amide bonds. The quantitative estimate of drug-likeness (QED) is 0.689. The minimum absolute atomic E-state index is 0.153. The Bertz CT molecular complexity index is 858. The molecule has 0 radical (unpaired) electrons. The highest BCUT2D eigenvalue weighted by atomic mass is 32.2. The van der Waals surface area contributed by atoms with E-state index < -0.39 is 10.0 Å². The van der Waals surface area contributed by atoms with Crippen LogP contribution in [0.2, 0.25) is 0 Å². The predicted molar refractivity (Wildman–Crippen MR) is 99.8 cm³/mol. The molecule has 1 aliphatic heterocycles.